The molecule has 0 aliphatic heterocycles. The van der Waals surface area contributed by atoms with Gasteiger partial charge >= 0.3 is 0 Å². The Bertz CT molecular complexity index is 633. The van der Waals surface area contributed by atoms with Gasteiger partial charge in [-0.25, -0.2) is 8.78 Å². The Morgan fingerprint density at radius 2 is 1.96 bits per heavy atom. The average Bonchev–Trinajstić information content (AvgIpc) is 2.73. The van der Waals surface area contributed by atoms with Gasteiger partial charge in [-0.15, -0.1) is 0 Å². The molecule has 140 valence electrons. The van der Waals surface area contributed by atoms with E-state index in [1.807, 2.05) is 13.2 Å². The van der Waals surface area contributed by atoms with Gasteiger partial charge in [-0.1, -0.05) is 19.4 Å². The molecule has 0 heterocycles. The second-order valence-corrected chi connectivity index (χ2v) is 10.3. The highest BCUT2D eigenvalue weighted by Gasteiger charge is 2.70. The maximum absolute atomic E-state index is 15.1. The summed E-state index contributed by atoms with van der Waals surface area (Å²) in [5.41, 5.74) is 0.284. The zero-order valence-electron chi connectivity index (χ0n) is 15.2. The van der Waals surface area contributed by atoms with Crippen LogP contribution in [0, 0.1) is 28.6 Å². The minimum absolute atomic E-state index is 0.0663. The summed E-state index contributed by atoms with van der Waals surface area (Å²) in [6.07, 6.45) is 6.06. The van der Waals surface area contributed by atoms with Crippen molar-refractivity contribution in [2.75, 3.05) is 6.26 Å². The molecule has 0 radical (unpaired) electrons. The third-order valence-corrected chi connectivity index (χ3v) is 9.31. The van der Waals surface area contributed by atoms with Gasteiger partial charge in [-0.3, -0.25) is 4.79 Å². The first-order valence-corrected chi connectivity index (χ1v) is 10.7. The van der Waals surface area contributed by atoms with E-state index in [0.29, 0.717) is 25.7 Å². The number of carbonyl (C=O) groups excluding carboxylic acids is 1. The van der Waals surface area contributed by atoms with Crippen LogP contribution in [0.25, 0.3) is 0 Å². The molecule has 4 aliphatic carbocycles. The number of fused-ring (bicyclic) bond motifs is 5. The lowest BCUT2D eigenvalue weighted by Gasteiger charge is -2.60. The van der Waals surface area contributed by atoms with Crippen molar-refractivity contribution < 1.29 is 18.7 Å². The Labute approximate surface area is 152 Å². The fraction of sp³-hybridized carbons (Fsp3) is 0.850. The molecule has 4 aliphatic rings. The Kier molecular flexibility index (Phi) is 3.98. The van der Waals surface area contributed by atoms with Crippen molar-refractivity contribution in [1.82, 2.24) is 0 Å². The summed E-state index contributed by atoms with van der Waals surface area (Å²) in [7, 11) is 0. The summed E-state index contributed by atoms with van der Waals surface area (Å²) >= 11 is 1.54. The summed E-state index contributed by atoms with van der Waals surface area (Å²) in [6, 6.07) is 0. The molecule has 3 fully saturated rings. The number of alkyl halides is 2. The normalized spacial score (nSPS) is 51.4. The molecule has 0 bridgehead atoms. The van der Waals surface area contributed by atoms with Gasteiger partial charge in [0.25, 0.3) is 5.92 Å². The van der Waals surface area contributed by atoms with E-state index in [1.165, 1.54) is 11.8 Å². The van der Waals surface area contributed by atoms with Crippen molar-refractivity contribution in [3.05, 3.63) is 11.6 Å². The van der Waals surface area contributed by atoms with Crippen molar-refractivity contribution in [3.63, 3.8) is 0 Å². The summed E-state index contributed by atoms with van der Waals surface area (Å²) in [6.45, 7) is 4.09. The van der Waals surface area contributed by atoms with Gasteiger partial charge in [0.1, 0.15) is 0 Å². The van der Waals surface area contributed by atoms with Gasteiger partial charge in [-0.05, 0) is 60.7 Å². The van der Waals surface area contributed by atoms with Crippen LogP contribution in [0.15, 0.2) is 11.6 Å². The molecule has 5 heteroatoms. The molecule has 0 aromatic rings. The third-order valence-electron chi connectivity index (χ3n) is 8.04. The fourth-order valence-corrected chi connectivity index (χ4v) is 8.22. The van der Waals surface area contributed by atoms with Crippen LogP contribution in [0.1, 0.15) is 52.4 Å². The monoisotopic (exact) mass is 370 g/mol. The first-order valence-electron chi connectivity index (χ1n) is 9.46. The number of carbonyl (C=O) groups is 1. The molecule has 3 saturated carbocycles. The van der Waals surface area contributed by atoms with Crippen LogP contribution < -0.4 is 0 Å². The lowest BCUT2D eigenvalue weighted by atomic mass is 9.46. The Balaban J connectivity index is 1.78. The van der Waals surface area contributed by atoms with Crippen molar-refractivity contribution in [3.8, 4) is 0 Å². The number of hydrogen-bond acceptors (Lipinski definition) is 3. The number of halogens is 2. The van der Waals surface area contributed by atoms with Gasteiger partial charge < -0.3 is 5.11 Å². The van der Waals surface area contributed by atoms with E-state index in [2.05, 4.69) is 6.92 Å². The van der Waals surface area contributed by atoms with Gasteiger partial charge in [0.15, 0.2) is 5.78 Å². The molecule has 0 aromatic carbocycles. The highest BCUT2D eigenvalue weighted by Crippen LogP contribution is 2.69. The van der Waals surface area contributed by atoms with Crippen LogP contribution in [0.5, 0.6) is 0 Å². The van der Waals surface area contributed by atoms with E-state index >= 15 is 8.78 Å². The second-order valence-electron chi connectivity index (χ2n) is 9.23. The average molecular weight is 371 g/mol. The van der Waals surface area contributed by atoms with Crippen molar-refractivity contribution in [2.24, 2.45) is 28.6 Å². The van der Waals surface area contributed by atoms with Crippen LogP contribution in [-0.4, -0.2) is 34.4 Å². The van der Waals surface area contributed by atoms with Crippen LogP contribution >= 0.6 is 11.8 Å². The Morgan fingerprint density at radius 1 is 1.24 bits per heavy atom. The van der Waals surface area contributed by atoms with Gasteiger partial charge in [0.05, 0.1) is 6.10 Å². The maximum Gasteiger partial charge on any atom is 0.252 e. The SMILES string of the molecule is CSC1CC(F)(F)[C@H]2[C@@H]3CCC4=CC(=O)CC[C@]4(C)[C@H]3C(O)C[C@]12C. The predicted molar refractivity (Wildman–Crippen MR) is 95.7 cm³/mol. The van der Waals surface area contributed by atoms with Crippen LogP contribution in [0.3, 0.4) is 0 Å². The number of rotatable bonds is 1. The maximum atomic E-state index is 15.1. The smallest absolute Gasteiger partial charge is 0.252 e. The zero-order chi connectivity index (χ0) is 18.2. The number of hydrogen-bond donors (Lipinski definition) is 1. The molecule has 0 amide bonds. The van der Waals surface area contributed by atoms with E-state index in [0.717, 1.165) is 12.0 Å². The van der Waals surface area contributed by atoms with E-state index in [4.69, 9.17) is 0 Å². The highest BCUT2D eigenvalue weighted by atomic mass is 32.2. The fourth-order valence-electron chi connectivity index (χ4n) is 7.05. The molecule has 2 unspecified atom stereocenters. The number of aliphatic hydroxyl groups is 1. The minimum Gasteiger partial charge on any atom is -0.393 e. The summed E-state index contributed by atoms with van der Waals surface area (Å²) in [5.74, 6) is -3.47. The predicted octanol–water partition coefficient (Wildman–Crippen LogP) is 4.47. The van der Waals surface area contributed by atoms with Crippen LogP contribution in [-0.2, 0) is 4.79 Å². The molecule has 1 N–H and O–H groups in total. The number of aliphatic hydroxyl groups excluding tert-OH is 1. The van der Waals surface area contributed by atoms with Crippen molar-refractivity contribution in [1.29, 1.82) is 0 Å². The first kappa shape index (κ1) is 18.0. The standard InChI is InChI=1S/C20H28F2O2S/c1-18-7-6-12(23)8-11(18)4-5-13-16(18)14(24)9-19(2)15(25-3)10-20(21,22)17(13)19/h8,13-17,24H,4-7,9-10H2,1-3H3/t13-,14?,15?,16-,17+,18+,19-/m1/s1. The summed E-state index contributed by atoms with van der Waals surface area (Å²) in [4.78, 5) is 11.9. The molecule has 0 aromatic heterocycles. The molecule has 0 saturated heterocycles. The third kappa shape index (κ3) is 2.33. The van der Waals surface area contributed by atoms with E-state index in [-0.39, 0.29) is 34.7 Å². The summed E-state index contributed by atoms with van der Waals surface area (Å²) < 4.78 is 30.2. The molecule has 25 heavy (non-hydrogen) atoms. The molecular weight excluding hydrogens is 342 g/mol. The topological polar surface area (TPSA) is 37.3 Å². The van der Waals surface area contributed by atoms with Crippen molar-refractivity contribution >= 4 is 17.5 Å². The van der Waals surface area contributed by atoms with Crippen LogP contribution in [0.2, 0.25) is 0 Å². The van der Waals surface area contributed by atoms with Crippen LogP contribution in [0.4, 0.5) is 8.78 Å². The molecule has 0 spiro atoms. The number of allylic oxidation sites excluding steroid dienone is 1. The second kappa shape index (κ2) is 5.54. The highest BCUT2D eigenvalue weighted by molar-refractivity contribution is 7.99. The van der Waals surface area contributed by atoms with E-state index in [1.54, 1.807) is 6.08 Å². The largest absolute Gasteiger partial charge is 0.393 e. The first-order chi connectivity index (χ1) is 11.6. The van der Waals surface area contributed by atoms with E-state index in [9.17, 15) is 9.90 Å². The molecular formula is C20H28F2O2S. The van der Waals surface area contributed by atoms with E-state index < -0.39 is 23.4 Å². The van der Waals surface area contributed by atoms with Gasteiger partial charge in [0, 0.05) is 24.0 Å². The lowest BCUT2D eigenvalue weighted by molar-refractivity contribution is -0.175. The molecule has 4 rings (SSSR count). The quantitative estimate of drug-likeness (QED) is 0.740. The lowest BCUT2D eigenvalue weighted by Crippen LogP contribution is -2.59. The number of thioether (sulfide) groups is 1. The zero-order valence-corrected chi connectivity index (χ0v) is 16.0. The van der Waals surface area contributed by atoms with Crippen molar-refractivity contribution in [2.45, 2.75) is 69.6 Å². The number of ketones is 1. The minimum atomic E-state index is -2.66. The van der Waals surface area contributed by atoms with Gasteiger partial charge in [0.2, 0.25) is 0 Å². The van der Waals surface area contributed by atoms with Gasteiger partial charge in [-0.2, -0.15) is 11.8 Å². The molecule has 2 nitrogen and oxygen atoms in total. The Hall–Kier alpha value is -0.420. The Morgan fingerprint density at radius 3 is 2.64 bits per heavy atom. The summed E-state index contributed by atoms with van der Waals surface area (Å²) in [5, 5.41) is 11.0. The molecule has 7 atom stereocenters.